The van der Waals surface area contributed by atoms with Crippen LogP contribution in [0.2, 0.25) is 0 Å². The van der Waals surface area contributed by atoms with Crippen LogP contribution in [0.15, 0.2) is 46.7 Å². The summed E-state index contributed by atoms with van der Waals surface area (Å²) in [6, 6.07) is 9.75. The lowest BCUT2D eigenvalue weighted by molar-refractivity contribution is 0.325. The number of hydrogen-bond donors (Lipinski definition) is 1. The lowest BCUT2D eigenvalue weighted by Crippen LogP contribution is -2.13. The molecule has 0 spiro atoms. The molecule has 1 aliphatic rings. The Morgan fingerprint density at radius 3 is 2.50 bits per heavy atom. The maximum Gasteiger partial charge on any atom is 0.159 e. The number of amidine groups is 1. The Morgan fingerprint density at radius 2 is 1.93 bits per heavy atom. The molecular formula is C11H11N2O. The van der Waals surface area contributed by atoms with Crippen molar-refractivity contribution >= 4 is 5.84 Å². The number of nitrogens with zero attached hydrogens (tertiary/aromatic N) is 2. The van der Waals surface area contributed by atoms with E-state index >= 15 is 0 Å². The summed E-state index contributed by atoms with van der Waals surface area (Å²) in [6.07, 6.45) is 0. The molecular weight excluding hydrogens is 176 g/mol. The second kappa shape index (κ2) is 3.64. The summed E-state index contributed by atoms with van der Waals surface area (Å²) in [6.45, 7) is 1.80. The fourth-order valence-corrected chi connectivity index (χ4v) is 1.32. The van der Waals surface area contributed by atoms with Crippen LogP contribution in [0.25, 0.3) is 0 Å². The molecule has 0 aromatic heterocycles. The minimum absolute atomic E-state index is 0.0499. The van der Waals surface area contributed by atoms with Crippen molar-refractivity contribution in [1.82, 2.24) is 5.32 Å². The molecule has 14 heavy (non-hydrogen) atoms. The number of hydrogen-bond acceptors (Lipinski definition) is 2. The summed E-state index contributed by atoms with van der Waals surface area (Å²) in [5, 5.41) is 13.2. The highest BCUT2D eigenvalue weighted by Crippen LogP contribution is 2.15. The van der Waals surface area contributed by atoms with Gasteiger partial charge in [-0.3, -0.25) is 0 Å². The Kier molecular flexibility index (Phi) is 2.33. The molecule has 1 aliphatic heterocycles. The van der Waals surface area contributed by atoms with Crippen LogP contribution in [0.4, 0.5) is 0 Å². The molecule has 0 aliphatic carbocycles. The number of allylic oxidation sites excluding steroid dienone is 1. The molecule has 1 N–H and O–H groups in total. The molecule has 1 heterocycles. The zero-order chi connectivity index (χ0) is 9.97. The topological polar surface area (TPSA) is 46.7 Å². The number of aliphatic hydroxyl groups excluding tert-OH is 1. The molecule has 2 rings (SSSR count). The smallest absolute Gasteiger partial charge is 0.159 e. The molecule has 0 unspecified atom stereocenters. The fourth-order valence-electron chi connectivity index (χ4n) is 1.32. The van der Waals surface area contributed by atoms with Crippen LogP contribution in [0.1, 0.15) is 12.5 Å². The number of aliphatic hydroxyl groups is 1. The van der Waals surface area contributed by atoms with Crippen LogP contribution >= 0.6 is 0 Å². The largest absolute Gasteiger partial charge is 0.390 e. The monoisotopic (exact) mass is 187 g/mol. The fraction of sp³-hybridized carbons (Fsp3) is 0.182. The third-order valence-corrected chi connectivity index (χ3v) is 2.11. The molecule has 71 valence electrons. The zero-order valence-corrected chi connectivity index (χ0v) is 7.94. The molecule has 3 nitrogen and oxygen atoms in total. The second-order valence-electron chi connectivity index (χ2n) is 3.10. The van der Waals surface area contributed by atoms with Crippen LogP contribution in [0.5, 0.6) is 0 Å². The molecule has 1 aromatic carbocycles. The average Bonchev–Trinajstić information content (AvgIpc) is 2.61. The molecule has 0 fully saturated rings. The molecule has 0 saturated carbocycles. The Bertz CT molecular complexity index is 393. The predicted octanol–water partition coefficient (Wildman–Crippen LogP) is 1.27. The molecule has 0 atom stereocenters. The summed E-state index contributed by atoms with van der Waals surface area (Å²) in [4.78, 5) is 4.28. The highest BCUT2D eigenvalue weighted by atomic mass is 16.3. The standard InChI is InChI=1S/C11H11N2O/c1-8-10(7-14)13-11(12-8)9-5-3-2-4-6-9/h2-6,14H,7H2,1H3. The second-order valence-corrected chi connectivity index (χ2v) is 3.10. The van der Waals surface area contributed by atoms with E-state index in [0.717, 1.165) is 11.3 Å². The van der Waals surface area contributed by atoms with Crippen molar-refractivity contribution in [2.75, 3.05) is 6.61 Å². The molecule has 3 heteroatoms. The third-order valence-electron chi connectivity index (χ3n) is 2.11. The van der Waals surface area contributed by atoms with Gasteiger partial charge in [-0.25, -0.2) is 10.3 Å². The quantitative estimate of drug-likeness (QED) is 0.744. The van der Waals surface area contributed by atoms with E-state index in [0.29, 0.717) is 11.5 Å². The van der Waals surface area contributed by atoms with Gasteiger partial charge in [0.2, 0.25) is 0 Å². The highest BCUT2D eigenvalue weighted by molar-refractivity contribution is 6.01. The van der Waals surface area contributed by atoms with Crippen molar-refractivity contribution < 1.29 is 5.11 Å². The van der Waals surface area contributed by atoms with Crippen molar-refractivity contribution in [2.24, 2.45) is 4.99 Å². The molecule has 1 aromatic rings. The molecule has 0 amide bonds. The normalized spacial score (nSPS) is 15.4. The van der Waals surface area contributed by atoms with Gasteiger partial charge in [0, 0.05) is 5.56 Å². The lowest BCUT2D eigenvalue weighted by atomic mass is 10.2. The Hall–Kier alpha value is -1.61. The highest BCUT2D eigenvalue weighted by Gasteiger charge is 2.16. The van der Waals surface area contributed by atoms with Gasteiger partial charge >= 0.3 is 0 Å². The molecule has 1 radical (unpaired) electrons. The van der Waals surface area contributed by atoms with Crippen molar-refractivity contribution in [3.8, 4) is 0 Å². The number of aliphatic imine (C=N–C) groups is 1. The number of rotatable bonds is 2. The van der Waals surface area contributed by atoms with E-state index in [-0.39, 0.29) is 6.61 Å². The van der Waals surface area contributed by atoms with Gasteiger partial charge in [0.1, 0.15) is 0 Å². The Balaban J connectivity index is 2.24. The van der Waals surface area contributed by atoms with E-state index in [1.807, 2.05) is 37.3 Å². The van der Waals surface area contributed by atoms with Gasteiger partial charge in [0.15, 0.2) is 5.84 Å². The molecule has 0 saturated heterocycles. The van der Waals surface area contributed by atoms with Gasteiger partial charge in [-0.2, -0.15) is 0 Å². The average molecular weight is 187 g/mol. The van der Waals surface area contributed by atoms with E-state index in [1.54, 1.807) is 0 Å². The first-order valence-corrected chi connectivity index (χ1v) is 4.47. The zero-order valence-electron chi connectivity index (χ0n) is 7.94. The van der Waals surface area contributed by atoms with Crippen LogP contribution in [-0.2, 0) is 0 Å². The van der Waals surface area contributed by atoms with Crippen LogP contribution in [0, 0.1) is 0 Å². The maximum atomic E-state index is 8.98. The van der Waals surface area contributed by atoms with Crippen molar-refractivity contribution in [3.63, 3.8) is 0 Å². The Morgan fingerprint density at radius 1 is 1.21 bits per heavy atom. The van der Waals surface area contributed by atoms with Gasteiger partial charge in [0.05, 0.1) is 18.0 Å². The summed E-state index contributed by atoms with van der Waals surface area (Å²) >= 11 is 0. The van der Waals surface area contributed by atoms with E-state index in [1.165, 1.54) is 0 Å². The van der Waals surface area contributed by atoms with Crippen LogP contribution < -0.4 is 5.32 Å². The Labute approximate surface area is 82.8 Å². The van der Waals surface area contributed by atoms with E-state index in [9.17, 15) is 0 Å². The lowest BCUT2D eigenvalue weighted by Gasteiger charge is -2.00. The van der Waals surface area contributed by atoms with E-state index < -0.39 is 0 Å². The van der Waals surface area contributed by atoms with Gasteiger partial charge in [0.25, 0.3) is 0 Å². The van der Waals surface area contributed by atoms with Crippen molar-refractivity contribution in [2.45, 2.75) is 6.92 Å². The summed E-state index contributed by atoms with van der Waals surface area (Å²) in [5.74, 6) is 0.687. The van der Waals surface area contributed by atoms with Gasteiger partial charge in [-0.1, -0.05) is 30.3 Å². The SMILES string of the molecule is CC1=C(CO)[N]C(c2ccccc2)=N1. The summed E-state index contributed by atoms with van der Waals surface area (Å²) in [7, 11) is 0. The number of benzene rings is 1. The summed E-state index contributed by atoms with van der Waals surface area (Å²) in [5.41, 5.74) is 2.44. The predicted molar refractivity (Wildman–Crippen MR) is 54.9 cm³/mol. The van der Waals surface area contributed by atoms with Crippen LogP contribution in [0.3, 0.4) is 0 Å². The first-order valence-electron chi connectivity index (χ1n) is 4.47. The van der Waals surface area contributed by atoms with Crippen molar-refractivity contribution in [1.29, 1.82) is 0 Å². The van der Waals surface area contributed by atoms with Crippen molar-refractivity contribution in [3.05, 3.63) is 47.3 Å². The maximum absolute atomic E-state index is 8.98. The molecule has 0 bridgehead atoms. The minimum Gasteiger partial charge on any atom is -0.390 e. The van der Waals surface area contributed by atoms with E-state index in [4.69, 9.17) is 5.11 Å². The van der Waals surface area contributed by atoms with Crippen LogP contribution in [-0.4, -0.2) is 17.5 Å². The van der Waals surface area contributed by atoms with Gasteiger partial charge < -0.3 is 5.11 Å². The third kappa shape index (κ3) is 1.54. The van der Waals surface area contributed by atoms with Gasteiger partial charge in [-0.05, 0) is 6.92 Å². The van der Waals surface area contributed by atoms with Gasteiger partial charge in [-0.15, -0.1) is 0 Å². The van der Waals surface area contributed by atoms with E-state index in [2.05, 4.69) is 10.3 Å². The first kappa shape index (κ1) is 8.97. The first-order chi connectivity index (χ1) is 6.81. The minimum atomic E-state index is -0.0499. The summed E-state index contributed by atoms with van der Waals surface area (Å²) < 4.78 is 0.